The second kappa shape index (κ2) is 5.13. The Kier molecular flexibility index (Phi) is 3.43. The Bertz CT molecular complexity index is 543. The lowest BCUT2D eigenvalue weighted by molar-refractivity contribution is -0.139. The van der Waals surface area contributed by atoms with E-state index in [1.54, 1.807) is 0 Å². The number of ether oxygens (including phenoxy) is 2. The van der Waals surface area contributed by atoms with Crippen molar-refractivity contribution in [2.45, 2.75) is 20.8 Å². The topological polar surface area (TPSA) is 42.0 Å². The second-order valence-electron chi connectivity index (χ2n) is 6.57. The van der Waals surface area contributed by atoms with Crippen molar-refractivity contribution in [3.05, 3.63) is 18.2 Å². The highest BCUT2D eigenvalue weighted by Crippen LogP contribution is 2.35. The van der Waals surface area contributed by atoms with Gasteiger partial charge in [0.05, 0.1) is 0 Å². The molecule has 114 valence electrons. The smallest absolute Gasteiger partial charge is 0.231 e. The van der Waals surface area contributed by atoms with Crippen LogP contribution in [0.15, 0.2) is 18.2 Å². The average molecular weight is 290 g/mol. The highest BCUT2D eigenvalue weighted by molar-refractivity contribution is 5.81. The number of carbonyl (C=O) groups excluding carboxylic acids is 1. The highest BCUT2D eigenvalue weighted by Gasteiger charge is 2.30. The molecule has 0 bridgehead atoms. The van der Waals surface area contributed by atoms with Crippen molar-refractivity contribution in [3.8, 4) is 11.5 Å². The molecule has 2 aliphatic rings. The average Bonchev–Trinajstić information content (AvgIpc) is 2.93. The number of carbonyl (C=O) groups is 1. The van der Waals surface area contributed by atoms with Crippen LogP contribution in [-0.2, 0) is 4.79 Å². The predicted molar refractivity (Wildman–Crippen MR) is 80.8 cm³/mol. The number of benzene rings is 1. The van der Waals surface area contributed by atoms with Gasteiger partial charge in [-0.1, -0.05) is 20.8 Å². The van der Waals surface area contributed by atoms with Gasteiger partial charge in [0.25, 0.3) is 0 Å². The van der Waals surface area contributed by atoms with E-state index in [4.69, 9.17) is 9.47 Å². The highest BCUT2D eigenvalue weighted by atomic mass is 16.7. The van der Waals surface area contributed by atoms with Gasteiger partial charge in [-0.05, 0) is 12.1 Å². The fourth-order valence-electron chi connectivity index (χ4n) is 2.72. The summed E-state index contributed by atoms with van der Waals surface area (Å²) in [4.78, 5) is 16.5. The molecule has 0 unspecified atom stereocenters. The molecule has 0 radical (unpaired) electrons. The lowest BCUT2D eigenvalue weighted by atomic mass is 9.94. The molecule has 0 spiro atoms. The van der Waals surface area contributed by atoms with Crippen molar-refractivity contribution >= 4 is 11.6 Å². The quantitative estimate of drug-likeness (QED) is 0.794. The molecule has 2 heterocycles. The lowest BCUT2D eigenvalue weighted by Crippen LogP contribution is -2.51. The van der Waals surface area contributed by atoms with Crippen LogP contribution in [0.3, 0.4) is 0 Å². The van der Waals surface area contributed by atoms with Gasteiger partial charge in [-0.15, -0.1) is 0 Å². The maximum absolute atomic E-state index is 12.3. The molecule has 5 nitrogen and oxygen atoms in total. The zero-order valence-corrected chi connectivity index (χ0v) is 12.9. The van der Waals surface area contributed by atoms with Crippen LogP contribution in [0, 0.1) is 5.41 Å². The van der Waals surface area contributed by atoms with E-state index in [2.05, 4.69) is 11.0 Å². The lowest BCUT2D eigenvalue weighted by Gasteiger charge is -2.38. The molecule has 3 rings (SSSR count). The molecule has 0 aliphatic carbocycles. The van der Waals surface area contributed by atoms with Crippen molar-refractivity contribution in [1.29, 1.82) is 0 Å². The fraction of sp³-hybridized carbons (Fsp3) is 0.562. The van der Waals surface area contributed by atoms with E-state index >= 15 is 0 Å². The summed E-state index contributed by atoms with van der Waals surface area (Å²) in [5.74, 6) is 1.84. The van der Waals surface area contributed by atoms with Gasteiger partial charge in [-0.25, -0.2) is 0 Å². The Morgan fingerprint density at radius 2 is 1.71 bits per heavy atom. The number of hydrogen-bond acceptors (Lipinski definition) is 4. The summed E-state index contributed by atoms with van der Waals surface area (Å²) in [6.45, 7) is 9.45. The number of nitrogens with zero attached hydrogens (tertiary/aromatic N) is 2. The number of piperazine rings is 1. The molecule has 1 saturated heterocycles. The third-order valence-electron chi connectivity index (χ3n) is 3.93. The van der Waals surface area contributed by atoms with Gasteiger partial charge in [-0.2, -0.15) is 0 Å². The largest absolute Gasteiger partial charge is 0.454 e. The Labute approximate surface area is 125 Å². The summed E-state index contributed by atoms with van der Waals surface area (Å²) in [5, 5.41) is 0. The fourth-order valence-corrected chi connectivity index (χ4v) is 2.72. The van der Waals surface area contributed by atoms with E-state index in [0.717, 1.165) is 43.4 Å². The molecule has 21 heavy (non-hydrogen) atoms. The molecule has 0 aromatic heterocycles. The van der Waals surface area contributed by atoms with Crippen LogP contribution in [0.25, 0.3) is 0 Å². The van der Waals surface area contributed by atoms with Gasteiger partial charge >= 0.3 is 0 Å². The first-order valence-corrected chi connectivity index (χ1v) is 7.39. The number of hydrogen-bond donors (Lipinski definition) is 0. The van der Waals surface area contributed by atoms with E-state index in [-0.39, 0.29) is 11.3 Å². The zero-order valence-electron chi connectivity index (χ0n) is 12.9. The van der Waals surface area contributed by atoms with E-state index < -0.39 is 0 Å². The minimum Gasteiger partial charge on any atom is -0.454 e. The van der Waals surface area contributed by atoms with Crippen LogP contribution in [0.1, 0.15) is 20.8 Å². The second-order valence-corrected chi connectivity index (χ2v) is 6.57. The van der Waals surface area contributed by atoms with Gasteiger partial charge in [0.1, 0.15) is 0 Å². The van der Waals surface area contributed by atoms with Crippen molar-refractivity contribution in [3.63, 3.8) is 0 Å². The molecule has 0 atom stereocenters. The van der Waals surface area contributed by atoms with Crippen LogP contribution >= 0.6 is 0 Å². The van der Waals surface area contributed by atoms with Crippen LogP contribution < -0.4 is 14.4 Å². The van der Waals surface area contributed by atoms with Crippen LogP contribution in [-0.4, -0.2) is 43.8 Å². The Hall–Kier alpha value is -1.91. The van der Waals surface area contributed by atoms with Gasteiger partial charge < -0.3 is 19.3 Å². The summed E-state index contributed by atoms with van der Waals surface area (Å²) in [6, 6.07) is 6.02. The molecule has 0 N–H and O–H groups in total. The molecule has 1 aromatic rings. The third-order valence-corrected chi connectivity index (χ3v) is 3.93. The van der Waals surface area contributed by atoms with Crippen molar-refractivity contribution in [2.75, 3.05) is 37.9 Å². The number of fused-ring (bicyclic) bond motifs is 1. The minimum absolute atomic E-state index is 0.229. The Morgan fingerprint density at radius 3 is 2.38 bits per heavy atom. The van der Waals surface area contributed by atoms with E-state index in [9.17, 15) is 4.79 Å². The summed E-state index contributed by atoms with van der Waals surface area (Å²) in [6.07, 6.45) is 0. The van der Waals surface area contributed by atoms with Crippen molar-refractivity contribution in [1.82, 2.24) is 4.90 Å². The van der Waals surface area contributed by atoms with E-state index in [0.29, 0.717) is 6.79 Å². The maximum Gasteiger partial charge on any atom is 0.231 e. The molecule has 1 amide bonds. The van der Waals surface area contributed by atoms with E-state index in [1.165, 1.54) is 0 Å². The molecular formula is C16H22N2O3. The Balaban J connectivity index is 1.65. The van der Waals surface area contributed by atoms with Crippen molar-refractivity contribution in [2.24, 2.45) is 5.41 Å². The molecule has 1 aromatic carbocycles. The summed E-state index contributed by atoms with van der Waals surface area (Å²) < 4.78 is 10.8. The number of amides is 1. The monoisotopic (exact) mass is 290 g/mol. The normalized spacial score (nSPS) is 18.0. The SMILES string of the molecule is CC(C)(C)C(=O)N1CCN(c2ccc3c(c2)OCO3)CC1. The first kappa shape index (κ1) is 14.0. The van der Waals surface area contributed by atoms with Gasteiger partial charge in [0, 0.05) is 43.3 Å². The molecule has 2 aliphatic heterocycles. The van der Waals surface area contributed by atoms with Crippen LogP contribution in [0.5, 0.6) is 11.5 Å². The van der Waals surface area contributed by atoms with Crippen LogP contribution in [0.4, 0.5) is 5.69 Å². The zero-order chi connectivity index (χ0) is 15.0. The van der Waals surface area contributed by atoms with E-state index in [1.807, 2.05) is 37.8 Å². The van der Waals surface area contributed by atoms with Gasteiger partial charge in [-0.3, -0.25) is 4.79 Å². The summed E-state index contributed by atoms with van der Waals surface area (Å²) in [7, 11) is 0. The summed E-state index contributed by atoms with van der Waals surface area (Å²) in [5.41, 5.74) is 0.822. The maximum atomic E-state index is 12.3. The van der Waals surface area contributed by atoms with Crippen LogP contribution in [0.2, 0.25) is 0 Å². The minimum atomic E-state index is -0.305. The number of anilines is 1. The Morgan fingerprint density at radius 1 is 1.05 bits per heavy atom. The third kappa shape index (κ3) is 2.77. The molecular weight excluding hydrogens is 268 g/mol. The first-order chi connectivity index (χ1) is 9.95. The van der Waals surface area contributed by atoms with Crippen molar-refractivity contribution < 1.29 is 14.3 Å². The van der Waals surface area contributed by atoms with Gasteiger partial charge in [0.2, 0.25) is 12.7 Å². The first-order valence-electron chi connectivity index (χ1n) is 7.39. The molecule has 1 fully saturated rings. The van der Waals surface area contributed by atoms with Gasteiger partial charge in [0.15, 0.2) is 11.5 Å². The molecule has 0 saturated carbocycles. The predicted octanol–water partition coefficient (Wildman–Crippen LogP) is 2.11. The number of rotatable bonds is 1. The standard InChI is InChI=1S/C16H22N2O3/c1-16(2,3)15(19)18-8-6-17(7-9-18)12-4-5-13-14(10-12)21-11-20-13/h4-5,10H,6-9,11H2,1-3H3. The molecule has 5 heteroatoms. The summed E-state index contributed by atoms with van der Waals surface area (Å²) >= 11 is 0.